The van der Waals surface area contributed by atoms with Crippen LogP contribution in [0.2, 0.25) is 0 Å². The maximum absolute atomic E-state index is 4.11. The number of hydrogen-bond donors (Lipinski definition) is 0. The highest BCUT2D eigenvalue weighted by Gasteiger charge is 2.18. The second-order valence-electron chi connectivity index (χ2n) is 8.36. The first-order valence-electron chi connectivity index (χ1n) is 11.3. The average molecular weight is 434 g/mol. The third-order valence-electron chi connectivity index (χ3n) is 6.45. The van der Waals surface area contributed by atoms with E-state index >= 15 is 0 Å². The van der Waals surface area contributed by atoms with Gasteiger partial charge in [0.2, 0.25) is 0 Å². The fraction of sp³-hybridized carbons (Fsp3) is 0. The van der Waals surface area contributed by atoms with Crippen LogP contribution in [0.25, 0.3) is 43.6 Å². The molecule has 3 heterocycles. The Morgan fingerprint density at radius 2 is 1.00 bits per heavy atom. The van der Waals surface area contributed by atoms with Gasteiger partial charge in [0, 0.05) is 39.5 Å². The minimum Gasteiger partial charge on any atom is -0.265 e. The van der Waals surface area contributed by atoms with E-state index in [0.29, 0.717) is 0 Å². The number of aromatic nitrogens is 3. The van der Waals surface area contributed by atoms with Gasteiger partial charge in [-0.1, -0.05) is 78.6 Å². The first kappa shape index (κ1) is 18.7. The van der Waals surface area contributed by atoms with Gasteiger partial charge in [-0.15, -0.1) is 0 Å². The van der Waals surface area contributed by atoms with Crippen molar-refractivity contribution in [3.8, 4) is 11.8 Å². The lowest BCUT2D eigenvalue weighted by Crippen LogP contribution is -2.09. The van der Waals surface area contributed by atoms with Crippen molar-refractivity contribution < 1.29 is 0 Å². The van der Waals surface area contributed by atoms with Crippen LogP contribution in [0.15, 0.2) is 116 Å². The molecule has 0 amide bonds. The zero-order chi connectivity index (χ0) is 22.5. The Kier molecular flexibility index (Phi) is 4.06. The molecule has 34 heavy (non-hydrogen) atoms. The minimum absolute atomic E-state index is 0.950. The minimum atomic E-state index is 0.950. The van der Waals surface area contributed by atoms with Gasteiger partial charge in [0.15, 0.2) is 0 Å². The molecular formula is C31H19N3. The van der Waals surface area contributed by atoms with Gasteiger partial charge in [0.25, 0.3) is 0 Å². The highest BCUT2D eigenvalue weighted by Crippen LogP contribution is 2.36. The molecule has 158 valence electrons. The van der Waals surface area contributed by atoms with Crippen molar-refractivity contribution in [2.24, 2.45) is 0 Å². The molecule has 3 heteroatoms. The fourth-order valence-corrected chi connectivity index (χ4v) is 5.00. The summed E-state index contributed by atoms with van der Waals surface area (Å²) < 4.78 is 4.68. The third-order valence-corrected chi connectivity index (χ3v) is 6.45. The van der Waals surface area contributed by atoms with E-state index in [1.165, 1.54) is 32.6 Å². The molecule has 3 aromatic heterocycles. The van der Waals surface area contributed by atoms with Crippen molar-refractivity contribution in [2.45, 2.75) is 0 Å². The molecule has 0 spiro atoms. The van der Waals surface area contributed by atoms with Gasteiger partial charge in [-0.2, -0.15) is 0 Å². The van der Waals surface area contributed by atoms with E-state index in [1.54, 1.807) is 12.4 Å². The van der Waals surface area contributed by atoms with Crippen LogP contribution in [0.1, 0.15) is 11.1 Å². The van der Waals surface area contributed by atoms with Crippen molar-refractivity contribution in [1.82, 2.24) is 14.3 Å². The van der Waals surface area contributed by atoms with Crippen molar-refractivity contribution in [3.05, 3.63) is 127 Å². The highest BCUT2D eigenvalue weighted by atomic mass is 15.5. The standard InChI is InChI=1S/C31H19N3/c1-4-13-28-24(9-1)25-10-2-5-14-29(25)33(28)34-30-15-6-3-11-26(30)27-12-7-8-23(31(27)34)17-16-22-18-20-32-21-19-22/h1-15,18-21H. The molecule has 0 bridgehead atoms. The Balaban J connectivity index is 1.66. The lowest BCUT2D eigenvalue weighted by Gasteiger charge is -2.14. The van der Waals surface area contributed by atoms with Crippen LogP contribution in [0.5, 0.6) is 0 Å². The summed E-state index contributed by atoms with van der Waals surface area (Å²) in [4.78, 5) is 4.11. The van der Waals surface area contributed by atoms with Crippen LogP contribution < -0.4 is 0 Å². The number of benzene rings is 4. The maximum atomic E-state index is 4.11. The first-order valence-corrected chi connectivity index (χ1v) is 11.3. The summed E-state index contributed by atoms with van der Waals surface area (Å²) in [5.74, 6) is 6.78. The number of pyridine rings is 1. The molecule has 0 N–H and O–H groups in total. The zero-order valence-electron chi connectivity index (χ0n) is 18.3. The predicted octanol–water partition coefficient (Wildman–Crippen LogP) is 7.01. The zero-order valence-corrected chi connectivity index (χ0v) is 18.3. The largest absolute Gasteiger partial charge is 0.265 e. The molecule has 7 aromatic rings. The van der Waals surface area contributed by atoms with Crippen LogP contribution >= 0.6 is 0 Å². The SMILES string of the molecule is C(#Cc1cccc2c3ccccc3n(-n3c4ccccc4c4ccccc43)c12)c1ccncc1. The second-order valence-corrected chi connectivity index (χ2v) is 8.36. The molecule has 0 aliphatic heterocycles. The maximum Gasteiger partial charge on any atom is 0.0872 e. The van der Waals surface area contributed by atoms with Crippen molar-refractivity contribution in [1.29, 1.82) is 0 Å². The molecule has 0 aliphatic carbocycles. The number of hydrogen-bond acceptors (Lipinski definition) is 1. The van der Waals surface area contributed by atoms with Gasteiger partial charge in [0.05, 0.1) is 27.6 Å². The molecule has 3 nitrogen and oxygen atoms in total. The van der Waals surface area contributed by atoms with Crippen LogP contribution in [-0.2, 0) is 0 Å². The topological polar surface area (TPSA) is 22.8 Å². The number of rotatable bonds is 1. The lowest BCUT2D eigenvalue weighted by molar-refractivity contribution is 0.774. The van der Waals surface area contributed by atoms with Crippen LogP contribution in [0, 0.1) is 11.8 Å². The smallest absolute Gasteiger partial charge is 0.0872 e. The van der Waals surface area contributed by atoms with Gasteiger partial charge in [-0.3, -0.25) is 4.98 Å². The summed E-state index contributed by atoms with van der Waals surface area (Å²) in [7, 11) is 0. The normalized spacial score (nSPS) is 11.3. The van der Waals surface area contributed by atoms with E-state index in [1.807, 2.05) is 12.1 Å². The molecule has 0 radical (unpaired) electrons. The van der Waals surface area contributed by atoms with Gasteiger partial charge >= 0.3 is 0 Å². The van der Waals surface area contributed by atoms with E-state index in [2.05, 4.69) is 117 Å². The predicted molar refractivity (Wildman–Crippen MR) is 140 cm³/mol. The number of nitrogens with zero attached hydrogens (tertiary/aromatic N) is 3. The molecule has 0 fully saturated rings. The van der Waals surface area contributed by atoms with E-state index in [-0.39, 0.29) is 0 Å². The van der Waals surface area contributed by atoms with Crippen LogP contribution in [0.4, 0.5) is 0 Å². The Bertz CT molecular complexity index is 1860. The summed E-state index contributed by atoms with van der Waals surface area (Å²) in [5.41, 5.74) is 6.55. The first-order chi connectivity index (χ1) is 16.9. The summed E-state index contributed by atoms with van der Waals surface area (Å²) in [6, 6.07) is 36.1. The van der Waals surface area contributed by atoms with E-state index in [0.717, 1.165) is 22.2 Å². The summed E-state index contributed by atoms with van der Waals surface area (Å²) in [6.07, 6.45) is 3.55. The van der Waals surface area contributed by atoms with Crippen LogP contribution in [-0.4, -0.2) is 14.3 Å². The van der Waals surface area contributed by atoms with E-state index in [9.17, 15) is 0 Å². The molecule has 0 saturated carbocycles. The van der Waals surface area contributed by atoms with Gasteiger partial charge in [-0.25, -0.2) is 9.35 Å². The van der Waals surface area contributed by atoms with E-state index in [4.69, 9.17) is 0 Å². The molecule has 0 unspecified atom stereocenters. The Labute approximate surface area is 196 Å². The molecule has 0 atom stereocenters. The third kappa shape index (κ3) is 2.69. The monoisotopic (exact) mass is 433 g/mol. The second kappa shape index (κ2) is 7.37. The van der Waals surface area contributed by atoms with Crippen molar-refractivity contribution in [2.75, 3.05) is 0 Å². The number of fused-ring (bicyclic) bond motifs is 6. The summed E-state index contributed by atoms with van der Waals surface area (Å²) in [6.45, 7) is 0. The van der Waals surface area contributed by atoms with Gasteiger partial charge in [-0.05, 0) is 36.4 Å². The summed E-state index contributed by atoms with van der Waals surface area (Å²) >= 11 is 0. The molecule has 7 rings (SSSR count). The molecule has 0 aliphatic rings. The highest BCUT2D eigenvalue weighted by molar-refractivity contribution is 6.12. The lowest BCUT2D eigenvalue weighted by atomic mass is 10.1. The summed E-state index contributed by atoms with van der Waals surface area (Å²) in [5, 5.41) is 4.89. The molecular weight excluding hydrogens is 414 g/mol. The Hall–Kier alpha value is -4.81. The van der Waals surface area contributed by atoms with Gasteiger partial charge < -0.3 is 0 Å². The number of para-hydroxylation sites is 4. The van der Waals surface area contributed by atoms with Crippen molar-refractivity contribution >= 4 is 43.6 Å². The van der Waals surface area contributed by atoms with Crippen molar-refractivity contribution in [3.63, 3.8) is 0 Å². The average Bonchev–Trinajstić information content (AvgIpc) is 3.41. The fourth-order valence-electron chi connectivity index (χ4n) is 5.00. The molecule has 0 saturated heterocycles. The van der Waals surface area contributed by atoms with E-state index < -0.39 is 0 Å². The quantitative estimate of drug-likeness (QED) is 0.255. The Morgan fingerprint density at radius 1 is 0.471 bits per heavy atom. The Morgan fingerprint density at radius 3 is 1.65 bits per heavy atom. The van der Waals surface area contributed by atoms with Gasteiger partial charge in [0.1, 0.15) is 0 Å². The molecule has 4 aromatic carbocycles. The van der Waals surface area contributed by atoms with Crippen LogP contribution in [0.3, 0.4) is 0 Å².